The normalized spacial score (nSPS) is 17.0. The number of nitrogens with one attached hydrogen (secondary N) is 2. The minimum atomic E-state index is -3.44. The second-order valence-electron chi connectivity index (χ2n) is 6.04. The highest BCUT2D eigenvalue weighted by molar-refractivity contribution is 7.92. The molecule has 0 aliphatic heterocycles. The zero-order valence-electron chi connectivity index (χ0n) is 13.5. The number of fused-ring (bicyclic) bond motifs is 1. The van der Waals surface area contributed by atoms with Crippen molar-refractivity contribution in [1.29, 1.82) is 0 Å². The van der Waals surface area contributed by atoms with E-state index in [1.165, 1.54) is 5.56 Å². The highest BCUT2D eigenvalue weighted by Crippen LogP contribution is 2.30. The summed E-state index contributed by atoms with van der Waals surface area (Å²) in [4.78, 5) is 12.7. The average Bonchev–Trinajstić information content (AvgIpc) is 2.54. The molecule has 0 aromatic heterocycles. The SMILES string of the molecule is CS(=O)(=O)Nc1ccccc1C(=O)NC1CCCc2ccccc21. The van der Waals surface area contributed by atoms with Gasteiger partial charge in [-0.05, 0) is 42.5 Å². The number of carbonyl (C=O) groups is 1. The van der Waals surface area contributed by atoms with Crippen molar-refractivity contribution in [3.8, 4) is 0 Å². The highest BCUT2D eigenvalue weighted by atomic mass is 32.2. The summed E-state index contributed by atoms with van der Waals surface area (Å²) in [5.74, 6) is -0.275. The lowest BCUT2D eigenvalue weighted by Gasteiger charge is -2.26. The molecule has 1 aliphatic rings. The van der Waals surface area contributed by atoms with E-state index in [4.69, 9.17) is 0 Å². The summed E-state index contributed by atoms with van der Waals surface area (Å²) >= 11 is 0. The number of hydrogen-bond acceptors (Lipinski definition) is 3. The lowest BCUT2D eigenvalue weighted by molar-refractivity contribution is 0.0933. The average molecular weight is 344 g/mol. The van der Waals surface area contributed by atoms with Gasteiger partial charge in [0.2, 0.25) is 10.0 Å². The Balaban J connectivity index is 1.84. The number of rotatable bonds is 4. The van der Waals surface area contributed by atoms with Gasteiger partial charge in [0.15, 0.2) is 0 Å². The molecule has 0 bridgehead atoms. The molecule has 1 unspecified atom stereocenters. The van der Waals surface area contributed by atoms with E-state index in [2.05, 4.69) is 16.1 Å². The van der Waals surface area contributed by atoms with Crippen LogP contribution in [-0.4, -0.2) is 20.6 Å². The van der Waals surface area contributed by atoms with Crippen molar-refractivity contribution >= 4 is 21.6 Å². The van der Waals surface area contributed by atoms with Gasteiger partial charge >= 0.3 is 0 Å². The number of hydrogen-bond donors (Lipinski definition) is 2. The molecule has 126 valence electrons. The first-order valence-corrected chi connectivity index (χ1v) is 9.79. The van der Waals surface area contributed by atoms with Gasteiger partial charge in [0.25, 0.3) is 5.91 Å². The Hall–Kier alpha value is -2.34. The standard InChI is InChI=1S/C18H20N2O3S/c1-24(22,23)20-17-11-5-4-10-15(17)18(21)19-16-12-6-8-13-7-2-3-9-14(13)16/h2-5,7,9-11,16,20H,6,8,12H2,1H3,(H,19,21). The smallest absolute Gasteiger partial charge is 0.253 e. The van der Waals surface area contributed by atoms with Crippen LogP contribution in [0.5, 0.6) is 0 Å². The molecule has 6 heteroatoms. The first kappa shape index (κ1) is 16.5. The van der Waals surface area contributed by atoms with E-state index in [1.807, 2.05) is 18.2 Å². The number of aryl methyl sites for hydroxylation is 1. The molecule has 0 heterocycles. The predicted octanol–water partition coefficient (Wildman–Crippen LogP) is 2.87. The molecule has 3 rings (SSSR count). The fraction of sp³-hybridized carbons (Fsp3) is 0.278. The fourth-order valence-corrected chi connectivity index (χ4v) is 3.69. The number of carbonyl (C=O) groups excluding carboxylic acids is 1. The first-order chi connectivity index (χ1) is 11.4. The Morgan fingerprint density at radius 1 is 1.08 bits per heavy atom. The molecule has 1 aliphatic carbocycles. The monoisotopic (exact) mass is 344 g/mol. The predicted molar refractivity (Wildman–Crippen MR) is 94.5 cm³/mol. The molecule has 1 amide bonds. The van der Waals surface area contributed by atoms with Gasteiger partial charge < -0.3 is 5.32 Å². The number of sulfonamides is 1. The molecule has 2 aromatic carbocycles. The third-order valence-corrected chi connectivity index (χ3v) is 4.73. The molecule has 24 heavy (non-hydrogen) atoms. The van der Waals surface area contributed by atoms with E-state index >= 15 is 0 Å². The summed E-state index contributed by atoms with van der Waals surface area (Å²) in [7, 11) is -3.44. The van der Waals surface area contributed by atoms with Crippen LogP contribution in [-0.2, 0) is 16.4 Å². The van der Waals surface area contributed by atoms with Crippen LogP contribution < -0.4 is 10.0 Å². The molecular formula is C18H20N2O3S. The highest BCUT2D eigenvalue weighted by Gasteiger charge is 2.23. The lowest BCUT2D eigenvalue weighted by Crippen LogP contribution is -2.31. The van der Waals surface area contributed by atoms with Crippen molar-refractivity contribution < 1.29 is 13.2 Å². The summed E-state index contributed by atoms with van der Waals surface area (Å²) in [6, 6.07) is 14.7. The minimum Gasteiger partial charge on any atom is -0.345 e. The Morgan fingerprint density at radius 2 is 1.79 bits per heavy atom. The molecule has 0 radical (unpaired) electrons. The summed E-state index contributed by atoms with van der Waals surface area (Å²) in [5.41, 5.74) is 3.02. The third kappa shape index (κ3) is 3.76. The van der Waals surface area contributed by atoms with Crippen LogP contribution in [0.2, 0.25) is 0 Å². The van der Waals surface area contributed by atoms with Crippen LogP contribution >= 0.6 is 0 Å². The molecule has 0 fully saturated rings. The molecule has 0 saturated carbocycles. The summed E-state index contributed by atoms with van der Waals surface area (Å²) in [5, 5.41) is 3.04. The van der Waals surface area contributed by atoms with Crippen LogP contribution in [0.1, 0.15) is 40.4 Å². The Kier molecular flexibility index (Phi) is 4.57. The first-order valence-electron chi connectivity index (χ1n) is 7.89. The van der Waals surface area contributed by atoms with E-state index in [0.717, 1.165) is 31.1 Å². The Morgan fingerprint density at radius 3 is 2.58 bits per heavy atom. The number of benzene rings is 2. The van der Waals surface area contributed by atoms with Crippen LogP contribution in [0.4, 0.5) is 5.69 Å². The molecule has 0 spiro atoms. The van der Waals surface area contributed by atoms with Crippen molar-refractivity contribution in [1.82, 2.24) is 5.32 Å². The van der Waals surface area contributed by atoms with E-state index in [9.17, 15) is 13.2 Å². The quantitative estimate of drug-likeness (QED) is 0.895. The number of amides is 1. The van der Waals surface area contributed by atoms with E-state index in [1.54, 1.807) is 24.3 Å². The molecule has 5 nitrogen and oxygen atoms in total. The largest absolute Gasteiger partial charge is 0.345 e. The molecular weight excluding hydrogens is 324 g/mol. The van der Waals surface area contributed by atoms with E-state index in [0.29, 0.717) is 11.3 Å². The van der Waals surface area contributed by atoms with Crippen LogP contribution in [0.15, 0.2) is 48.5 Å². The van der Waals surface area contributed by atoms with Gasteiger partial charge in [0, 0.05) is 0 Å². The van der Waals surface area contributed by atoms with Crippen molar-refractivity contribution in [2.45, 2.75) is 25.3 Å². The van der Waals surface area contributed by atoms with Crippen LogP contribution in [0, 0.1) is 0 Å². The summed E-state index contributed by atoms with van der Waals surface area (Å²) in [6.45, 7) is 0. The number of para-hydroxylation sites is 1. The zero-order chi connectivity index (χ0) is 17.2. The van der Waals surface area contributed by atoms with Crippen molar-refractivity contribution in [3.05, 3.63) is 65.2 Å². The molecule has 0 saturated heterocycles. The van der Waals surface area contributed by atoms with Crippen LogP contribution in [0.3, 0.4) is 0 Å². The number of anilines is 1. The Labute approximate surface area is 142 Å². The van der Waals surface area contributed by atoms with Gasteiger partial charge in [-0.2, -0.15) is 0 Å². The van der Waals surface area contributed by atoms with Gasteiger partial charge in [-0.3, -0.25) is 9.52 Å². The summed E-state index contributed by atoms with van der Waals surface area (Å²) in [6.07, 6.45) is 3.99. The minimum absolute atomic E-state index is 0.0475. The molecule has 1 atom stereocenters. The van der Waals surface area contributed by atoms with Crippen molar-refractivity contribution in [2.75, 3.05) is 11.0 Å². The maximum absolute atomic E-state index is 12.7. The van der Waals surface area contributed by atoms with E-state index < -0.39 is 10.0 Å². The second kappa shape index (κ2) is 6.65. The zero-order valence-corrected chi connectivity index (χ0v) is 14.3. The van der Waals surface area contributed by atoms with Gasteiger partial charge in [-0.1, -0.05) is 36.4 Å². The van der Waals surface area contributed by atoms with Gasteiger partial charge in [0.1, 0.15) is 0 Å². The lowest BCUT2D eigenvalue weighted by atomic mass is 9.87. The van der Waals surface area contributed by atoms with Crippen LogP contribution in [0.25, 0.3) is 0 Å². The van der Waals surface area contributed by atoms with Crippen molar-refractivity contribution in [2.24, 2.45) is 0 Å². The second-order valence-corrected chi connectivity index (χ2v) is 7.79. The maximum Gasteiger partial charge on any atom is 0.253 e. The van der Waals surface area contributed by atoms with Gasteiger partial charge in [-0.15, -0.1) is 0 Å². The van der Waals surface area contributed by atoms with Gasteiger partial charge in [-0.25, -0.2) is 8.42 Å². The van der Waals surface area contributed by atoms with Crippen molar-refractivity contribution in [3.63, 3.8) is 0 Å². The van der Waals surface area contributed by atoms with E-state index in [-0.39, 0.29) is 11.9 Å². The summed E-state index contributed by atoms with van der Waals surface area (Å²) < 4.78 is 25.4. The molecule has 2 aromatic rings. The topological polar surface area (TPSA) is 75.3 Å². The molecule has 2 N–H and O–H groups in total. The maximum atomic E-state index is 12.7. The Bertz CT molecular complexity index is 862. The fourth-order valence-electron chi connectivity index (χ4n) is 3.11. The van der Waals surface area contributed by atoms with Gasteiger partial charge in [0.05, 0.1) is 23.5 Å². The third-order valence-electron chi connectivity index (χ3n) is 4.14.